The molecule has 0 radical (unpaired) electrons. The Kier molecular flexibility index (Phi) is 7.81. The van der Waals surface area contributed by atoms with Crippen molar-refractivity contribution in [2.45, 2.75) is 59.8 Å². The highest BCUT2D eigenvalue weighted by Gasteiger charge is 2.27. The largest absolute Gasteiger partial charge is 0.329 e. The number of anilines is 1. The third-order valence-electron chi connectivity index (χ3n) is 4.79. The molecule has 126 valence electrons. The Morgan fingerprint density at radius 2 is 1.83 bits per heavy atom. The maximum Gasteiger partial charge on any atom is 0.211 e. The van der Waals surface area contributed by atoms with E-state index in [2.05, 4.69) is 33.0 Å². The summed E-state index contributed by atoms with van der Waals surface area (Å²) in [5, 5.41) is 10.9. The summed E-state index contributed by atoms with van der Waals surface area (Å²) in [7, 11) is 0. The van der Waals surface area contributed by atoms with Crippen molar-refractivity contribution in [3.8, 4) is 6.07 Å². The number of hydrogen-bond acceptors (Lipinski definition) is 2. The van der Waals surface area contributed by atoms with Crippen LogP contribution in [0.1, 0.15) is 58.9 Å². The van der Waals surface area contributed by atoms with Crippen LogP contribution in [0.5, 0.6) is 0 Å². The van der Waals surface area contributed by atoms with Crippen LogP contribution in [0.2, 0.25) is 0 Å². The van der Waals surface area contributed by atoms with E-state index in [1.54, 1.807) is 12.1 Å². The second-order valence-electron chi connectivity index (χ2n) is 7.54. The van der Waals surface area contributed by atoms with Crippen molar-refractivity contribution >= 4 is 12.1 Å². The second-order valence-corrected chi connectivity index (χ2v) is 7.54. The molecule has 0 spiro atoms. The molecule has 0 unspecified atom stereocenters. The van der Waals surface area contributed by atoms with Crippen molar-refractivity contribution in [1.29, 1.82) is 5.26 Å². The molecule has 1 fully saturated rings. The van der Waals surface area contributed by atoms with Crippen molar-refractivity contribution in [2.24, 2.45) is 17.3 Å². The summed E-state index contributed by atoms with van der Waals surface area (Å²) >= 11 is 0. The van der Waals surface area contributed by atoms with Gasteiger partial charge in [0.15, 0.2) is 0 Å². The Labute approximate surface area is 141 Å². The van der Waals surface area contributed by atoms with Gasteiger partial charge in [0.1, 0.15) is 0 Å². The average molecular weight is 314 g/mol. The van der Waals surface area contributed by atoms with Crippen LogP contribution in [0, 0.1) is 28.6 Å². The molecule has 3 heteroatoms. The zero-order chi connectivity index (χ0) is 17.3. The maximum absolute atomic E-state index is 10.0. The van der Waals surface area contributed by atoms with Gasteiger partial charge in [-0.05, 0) is 60.6 Å². The zero-order valence-electron chi connectivity index (χ0n) is 14.9. The summed E-state index contributed by atoms with van der Waals surface area (Å²) in [5.74, 6) is 1.93. The predicted octanol–water partition coefficient (Wildman–Crippen LogP) is 5.18. The van der Waals surface area contributed by atoms with Crippen LogP contribution < -0.4 is 5.32 Å². The first-order chi connectivity index (χ1) is 10.9. The van der Waals surface area contributed by atoms with Gasteiger partial charge in [0.25, 0.3) is 0 Å². The SMILES string of the molecule is CC(C)C1CCC(C)(C)CC1.N#CCc1ccc(NC=O)cc1. The van der Waals surface area contributed by atoms with Gasteiger partial charge in [-0.25, -0.2) is 0 Å². The van der Waals surface area contributed by atoms with Crippen molar-refractivity contribution in [2.75, 3.05) is 5.32 Å². The quantitative estimate of drug-likeness (QED) is 0.778. The molecular weight excluding hydrogens is 284 g/mol. The van der Waals surface area contributed by atoms with Crippen LogP contribution in [-0.2, 0) is 11.2 Å². The standard InChI is InChI=1S/C11H22.C9H8N2O/c1-9(2)10-5-7-11(3,4)8-6-10;10-6-5-8-1-3-9(4-2-8)11-7-12/h9-10H,5-8H2,1-4H3;1-4,7H,5H2,(H,11,12). The zero-order valence-corrected chi connectivity index (χ0v) is 14.9. The lowest BCUT2D eigenvalue weighted by molar-refractivity contribution is -0.105. The van der Waals surface area contributed by atoms with Crippen molar-refractivity contribution in [1.82, 2.24) is 0 Å². The van der Waals surface area contributed by atoms with Gasteiger partial charge in [-0.15, -0.1) is 0 Å². The second kappa shape index (κ2) is 9.35. The van der Waals surface area contributed by atoms with Gasteiger partial charge in [0.05, 0.1) is 12.5 Å². The fourth-order valence-electron chi connectivity index (χ4n) is 2.97. The number of carbonyl (C=O) groups excluding carboxylic acids is 1. The van der Waals surface area contributed by atoms with Gasteiger partial charge < -0.3 is 5.32 Å². The minimum atomic E-state index is 0.404. The lowest BCUT2D eigenvalue weighted by atomic mass is 9.70. The van der Waals surface area contributed by atoms with Gasteiger partial charge in [-0.1, -0.05) is 39.8 Å². The normalized spacial score (nSPS) is 16.9. The summed E-state index contributed by atoms with van der Waals surface area (Å²) < 4.78 is 0. The summed E-state index contributed by atoms with van der Waals surface area (Å²) in [6.45, 7) is 9.54. The molecule has 0 heterocycles. The summed E-state index contributed by atoms with van der Waals surface area (Å²) in [4.78, 5) is 10.0. The molecule has 0 atom stereocenters. The first-order valence-corrected chi connectivity index (χ1v) is 8.54. The van der Waals surface area contributed by atoms with E-state index in [9.17, 15) is 4.79 Å². The van der Waals surface area contributed by atoms with E-state index in [1.807, 2.05) is 18.2 Å². The highest BCUT2D eigenvalue weighted by Crippen LogP contribution is 2.40. The third kappa shape index (κ3) is 7.32. The summed E-state index contributed by atoms with van der Waals surface area (Å²) in [6, 6.07) is 9.20. The van der Waals surface area contributed by atoms with E-state index in [1.165, 1.54) is 25.7 Å². The molecule has 1 aliphatic rings. The maximum atomic E-state index is 10.0. The number of nitriles is 1. The Morgan fingerprint density at radius 1 is 1.26 bits per heavy atom. The number of hydrogen-bond donors (Lipinski definition) is 1. The molecule has 1 aliphatic carbocycles. The molecule has 1 saturated carbocycles. The molecule has 3 nitrogen and oxygen atoms in total. The molecule has 1 amide bonds. The van der Waals surface area contributed by atoms with Crippen LogP contribution in [-0.4, -0.2) is 6.41 Å². The topological polar surface area (TPSA) is 52.9 Å². The monoisotopic (exact) mass is 314 g/mol. The van der Waals surface area contributed by atoms with Crippen LogP contribution in [0.3, 0.4) is 0 Å². The number of amides is 1. The first-order valence-electron chi connectivity index (χ1n) is 8.54. The summed E-state index contributed by atoms with van der Waals surface area (Å²) in [5.41, 5.74) is 2.34. The Morgan fingerprint density at radius 3 is 2.26 bits per heavy atom. The fraction of sp³-hybridized carbons (Fsp3) is 0.600. The van der Waals surface area contributed by atoms with E-state index < -0.39 is 0 Å². The van der Waals surface area contributed by atoms with E-state index in [0.29, 0.717) is 18.2 Å². The van der Waals surface area contributed by atoms with Gasteiger partial charge >= 0.3 is 0 Å². The molecule has 2 rings (SSSR count). The van der Waals surface area contributed by atoms with E-state index >= 15 is 0 Å². The molecule has 1 aromatic carbocycles. The molecule has 0 bridgehead atoms. The number of benzene rings is 1. The molecule has 23 heavy (non-hydrogen) atoms. The molecular formula is C20H30N2O. The number of nitrogens with zero attached hydrogens (tertiary/aromatic N) is 1. The van der Waals surface area contributed by atoms with Crippen LogP contribution in [0.4, 0.5) is 5.69 Å². The van der Waals surface area contributed by atoms with Gasteiger partial charge in [0, 0.05) is 5.69 Å². The van der Waals surface area contributed by atoms with Gasteiger partial charge in [-0.2, -0.15) is 5.26 Å². The molecule has 0 aliphatic heterocycles. The smallest absolute Gasteiger partial charge is 0.211 e. The highest BCUT2D eigenvalue weighted by atomic mass is 16.1. The number of rotatable bonds is 4. The Balaban J connectivity index is 0.000000231. The Bertz CT molecular complexity index is 501. The molecule has 1 N–H and O–H groups in total. The van der Waals surface area contributed by atoms with E-state index in [-0.39, 0.29) is 0 Å². The van der Waals surface area contributed by atoms with Crippen molar-refractivity contribution < 1.29 is 4.79 Å². The summed E-state index contributed by atoms with van der Waals surface area (Å²) in [6.07, 6.45) is 6.84. The Hall–Kier alpha value is -1.82. The number of carbonyl (C=O) groups is 1. The minimum absolute atomic E-state index is 0.404. The van der Waals surface area contributed by atoms with Crippen LogP contribution >= 0.6 is 0 Å². The minimum Gasteiger partial charge on any atom is -0.329 e. The molecule has 0 saturated heterocycles. The van der Waals surface area contributed by atoms with Crippen molar-refractivity contribution in [3.05, 3.63) is 29.8 Å². The highest BCUT2D eigenvalue weighted by molar-refractivity contribution is 5.71. The third-order valence-corrected chi connectivity index (χ3v) is 4.79. The lowest BCUT2D eigenvalue weighted by Gasteiger charge is -2.36. The lowest BCUT2D eigenvalue weighted by Crippen LogP contribution is -2.23. The van der Waals surface area contributed by atoms with Crippen molar-refractivity contribution in [3.63, 3.8) is 0 Å². The fourth-order valence-corrected chi connectivity index (χ4v) is 2.97. The van der Waals surface area contributed by atoms with Gasteiger partial charge in [-0.3, -0.25) is 4.79 Å². The van der Waals surface area contributed by atoms with Gasteiger partial charge in [0.2, 0.25) is 6.41 Å². The van der Waals surface area contributed by atoms with Crippen LogP contribution in [0.25, 0.3) is 0 Å². The number of nitrogens with one attached hydrogen (secondary N) is 1. The van der Waals surface area contributed by atoms with E-state index in [0.717, 1.165) is 23.1 Å². The molecule has 0 aromatic heterocycles. The first kappa shape index (κ1) is 19.2. The average Bonchev–Trinajstić information content (AvgIpc) is 2.50. The van der Waals surface area contributed by atoms with E-state index in [4.69, 9.17) is 5.26 Å². The van der Waals surface area contributed by atoms with Crippen LogP contribution in [0.15, 0.2) is 24.3 Å². The molecule has 1 aromatic rings. The predicted molar refractivity (Wildman–Crippen MR) is 96.0 cm³/mol.